The molecule has 6 heteroatoms. The molecule has 1 saturated heterocycles. The summed E-state index contributed by atoms with van der Waals surface area (Å²) in [5.41, 5.74) is 0.861. The maximum atomic E-state index is 12.2. The Morgan fingerprint density at radius 3 is 2.65 bits per heavy atom. The first-order chi connectivity index (χ1) is 11.1. The fraction of sp³-hybridized carbons (Fsp3) is 0.235. The number of benzene rings is 1. The second-order valence-electron chi connectivity index (χ2n) is 5.50. The molecule has 0 amide bonds. The van der Waals surface area contributed by atoms with Crippen LogP contribution in [0.25, 0.3) is 6.08 Å². The number of hydrogen-bond acceptors (Lipinski definition) is 4. The van der Waals surface area contributed by atoms with E-state index in [0.29, 0.717) is 6.54 Å². The Morgan fingerprint density at radius 1 is 1.13 bits per heavy atom. The molecule has 0 radical (unpaired) electrons. The van der Waals surface area contributed by atoms with Crippen molar-refractivity contribution >= 4 is 21.9 Å². The summed E-state index contributed by atoms with van der Waals surface area (Å²) in [6.07, 6.45) is 4.12. The number of anilines is 1. The molecule has 120 valence electrons. The van der Waals surface area contributed by atoms with Gasteiger partial charge in [0.05, 0.1) is 0 Å². The van der Waals surface area contributed by atoms with Crippen LogP contribution in [0.15, 0.2) is 60.1 Å². The van der Waals surface area contributed by atoms with Gasteiger partial charge in [-0.25, -0.2) is 18.1 Å². The highest BCUT2D eigenvalue weighted by atomic mass is 32.2. The number of nitrogens with zero attached hydrogens (tertiary/aromatic N) is 2. The molecule has 1 N–H and O–H groups in total. The summed E-state index contributed by atoms with van der Waals surface area (Å²) in [7, 11) is -3.45. The van der Waals surface area contributed by atoms with Gasteiger partial charge in [0.2, 0.25) is 10.0 Å². The Kier molecular flexibility index (Phi) is 4.73. The Bertz CT molecular complexity index is 761. The predicted octanol–water partition coefficient (Wildman–Crippen LogP) is 2.25. The molecule has 0 bridgehead atoms. The van der Waals surface area contributed by atoms with Gasteiger partial charge in [-0.3, -0.25) is 0 Å². The van der Waals surface area contributed by atoms with Crippen LogP contribution in [-0.2, 0) is 10.0 Å². The summed E-state index contributed by atoms with van der Waals surface area (Å²) in [5.74, 6) is 0.883. The second kappa shape index (κ2) is 6.93. The van der Waals surface area contributed by atoms with E-state index in [4.69, 9.17) is 0 Å². The molecule has 2 heterocycles. The number of aromatic nitrogens is 1. The quantitative estimate of drug-likeness (QED) is 0.914. The zero-order chi connectivity index (χ0) is 16.1. The highest BCUT2D eigenvalue weighted by Crippen LogP contribution is 2.18. The number of rotatable bonds is 5. The van der Waals surface area contributed by atoms with E-state index < -0.39 is 10.0 Å². The van der Waals surface area contributed by atoms with Crippen molar-refractivity contribution in [3.8, 4) is 0 Å². The molecule has 0 saturated carbocycles. The van der Waals surface area contributed by atoms with E-state index in [-0.39, 0.29) is 6.04 Å². The average Bonchev–Trinajstić information content (AvgIpc) is 3.03. The van der Waals surface area contributed by atoms with E-state index in [1.54, 1.807) is 12.3 Å². The highest BCUT2D eigenvalue weighted by Gasteiger charge is 2.26. The zero-order valence-electron chi connectivity index (χ0n) is 12.7. The fourth-order valence-corrected chi connectivity index (χ4v) is 3.68. The second-order valence-corrected chi connectivity index (χ2v) is 7.09. The number of nitrogens with one attached hydrogen (secondary N) is 1. The Hall–Kier alpha value is -2.18. The molecule has 3 rings (SSSR count). The van der Waals surface area contributed by atoms with Crippen molar-refractivity contribution in [3.05, 3.63) is 65.7 Å². The van der Waals surface area contributed by atoms with Crippen LogP contribution in [0.5, 0.6) is 0 Å². The first kappa shape index (κ1) is 15.7. The van der Waals surface area contributed by atoms with Crippen LogP contribution in [0.2, 0.25) is 0 Å². The van der Waals surface area contributed by atoms with Crippen molar-refractivity contribution in [3.63, 3.8) is 0 Å². The number of hydrogen-bond donors (Lipinski definition) is 1. The normalized spacial score (nSPS) is 18.6. The highest BCUT2D eigenvalue weighted by molar-refractivity contribution is 7.92. The first-order valence-electron chi connectivity index (χ1n) is 7.54. The van der Waals surface area contributed by atoms with Crippen molar-refractivity contribution < 1.29 is 8.42 Å². The van der Waals surface area contributed by atoms with Crippen LogP contribution in [-0.4, -0.2) is 32.5 Å². The molecule has 0 spiro atoms. The van der Waals surface area contributed by atoms with Crippen molar-refractivity contribution in [1.29, 1.82) is 0 Å². The molecule has 1 fully saturated rings. The van der Waals surface area contributed by atoms with Crippen molar-refractivity contribution in [2.75, 3.05) is 18.0 Å². The van der Waals surface area contributed by atoms with Gasteiger partial charge in [0.1, 0.15) is 5.82 Å². The smallest absolute Gasteiger partial charge is 0.234 e. The van der Waals surface area contributed by atoms with Crippen LogP contribution in [0.4, 0.5) is 5.82 Å². The summed E-state index contributed by atoms with van der Waals surface area (Å²) in [4.78, 5) is 6.39. The van der Waals surface area contributed by atoms with Crippen LogP contribution >= 0.6 is 0 Å². The summed E-state index contributed by atoms with van der Waals surface area (Å²) >= 11 is 0. The molecule has 2 aromatic rings. The lowest BCUT2D eigenvalue weighted by atomic mass is 10.2. The zero-order valence-corrected chi connectivity index (χ0v) is 13.5. The summed E-state index contributed by atoms with van der Waals surface area (Å²) in [6.45, 7) is 1.43. The van der Waals surface area contributed by atoms with E-state index in [0.717, 1.165) is 24.3 Å². The molecule has 1 aromatic heterocycles. The minimum atomic E-state index is -3.45. The van der Waals surface area contributed by atoms with Crippen LogP contribution in [0.3, 0.4) is 0 Å². The van der Waals surface area contributed by atoms with Gasteiger partial charge in [-0.05, 0) is 30.2 Å². The SMILES string of the molecule is O=S(=O)(/C=C/c1ccccc1)N[C@H]1CCN(c2ccccn2)C1. The van der Waals surface area contributed by atoms with Crippen molar-refractivity contribution in [2.24, 2.45) is 0 Å². The van der Waals surface area contributed by atoms with Gasteiger partial charge in [-0.2, -0.15) is 0 Å². The lowest BCUT2D eigenvalue weighted by Crippen LogP contribution is -2.36. The maximum absolute atomic E-state index is 12.2. The molecular formula is C17H19N3O2S. The topological polar surface area (TPSA) is 62.3 Å². The van der Waals surface area contributed by atoms with Crippen LogP contribution < -0.4 is 9.62 Å². The van der Waals surface area contributed by atoms with E-state index in [9.17, 15) is 8.42 Å². The third-order valence-electron chi connectivity index (χ3n) is 3.73. The Balaban J connectivity index is 1.60. The van der Waals surface area contributed by atoms with Gasteiger partial charge in [0, 0.05) is 30.7 Å². The minimum absolute atomic E-state index is 0.0950. The van der Waals surface area contributed by atoms with Crippen LogP contribution in [0, 0.1) is 0 Å². The Morgan fingerprint density at radius 2 is 1.91 bits per heavy atom. The largest absolute Gasteiger partial charge is 0.355 e. The molecule has 23 heavy (non-hydrogen) atoms. The standard InChI is InChI=1S/C17H19N3O2S/c21-23(22,13-10-15-6-2-1-3-7-15)19-16-9-12-20(14-16)17-8-4-5-11-18-17/h1-8,10-11,13,16,19H,9,12,14H2/b13-10+/t16-/m0/s1. The summed E-state index contributed by atoms with van der Waals surface area (Å²) in [6, 6.07) is 15.0. The van der Waals surface area contributed by atoms with Crippen LogP contribution in [0.1, 0.15) is 12.0 Å². The fourth-order valence-electron chi connectivity index (χ4n) is 2.61. The van der Waals surface area contributed by atoms with Gasteiger partial charge in [0.15, 0.2) is 0 Å². The van der Waals surface area contributed by atoms with Crippen molar-refractivity contribution in [2.45, 2.75) is 12.5 Å². The van der Waals surface area contributed by atoms with E-state index in [2.05, 4.69) is 14.6 Å². The van der Waals surface area contributed by atoms with Crippen molar-refractivity contribution in [1.82, 2.24) is 9.71 Å². The molecular weight excluding hydrogens is 310 g/mol. The number of sulfonamides is 1. The maximum Gasteiger partial charge on any atom is 0.234 e. The van der Waals surface area contributed by atoms with Gasteiger partial charge >= 0.3 is 0 Å². The third kappa shape index (κ3) is 4.40. The Labute approximate surface area is 136 Å². The lowest BCUT2D eigenvalue weighted by Gasteiger charge is -2.17. The van der Waals surface area contributed by atoms with E-state index in [1.807, 2.05) is 48.5 Å². The molecule has 0 unspecified atom stereocenters. The van der Waals surface area contributed by atoms with Gasteiger partial charge in [-0.1, -0.05) is 36.4 Å². The molecule has 1 aliphatic rings. The monoisotopic (exact) mass is 329 g/mol. The molecule has 5 nitrogen and oxygen atoms in total. The average molecular weight is 329 g/mol. The van der Waals surface area contributed by atoms with Gasteiger partial charge < -0.3 is 4.90 Å². The molecule has 1 aliphatic heterocycles. The molecule has 1 aromatic carbocycles. The van der Waals surface area contributed by atoms with Gasteiger partial charge in [-0.15, -0.1) is 0 Å². The van der Waals surface area contributed by atoms with Gasteiger partial charge in [0.25, 0.3) is 0 Å². The summed E-state index contributed by atoms with van der Waals surface area (Å²) in [5, 5.41) is 1.23. The molecule has 1 atom stereocenters. The summed E-state index contributed by atoms with van der Waals surface area (Å²) < 4.78 is 27.1. The first-order valence-corrected chi connectivity index (χ1v) is 9.08. The van der Waals surface area contributed by atoms with E-state index >= 15 is 0 Å². The van der Waals surface area contributed by atoms with E-state index in [1.165, 1.54) is 5.41 Å². The lowest BCUT2D eigenvalue weighted by molar-refractivity contribution is 0.570. The third-order valence-corrected chi connectivity index (χ3v) is 4.89. The number of pyridine rings is 1. The molecule has 0 aliphatic carbocycles. The minimum Gasteiger partial charge on any atom is -0.355 e. The predicted molar refractivity (Wildman–Crippen MR) is 92.4 cm³/mol.